The minimum absolute atomic E-state index is 0.835. The summed E-state index contributed by atoms with van der Waals surface area (Å²) in [6, 6.07) is 56.8. The Kier molecular flexibility index (Phi) is 5.81. The second-order valence-electron chi connectivity index (χ2n) is 10.9. The van der Waals surface area contributed by atoms with Crippen LogP contribution in [0.15, 0.2) is 164 Å². The number of hydrogen-bond acceptors (Lipinski definition) is 1. The van der Waals surface area contributed by atoms with Crippen LogP contribution in [-0.4, -0.2) is 0 Å². The van der Waals surface area contributed by atoms with E-state index in [1.54, 1.807) is 0 Å². The van der Waals surface area contributed by atoms with Crippen LogP contribution in [0.5, 0.6) is 0 Å². The summed E-state index contributed by atoms with van der Waals surface area (Å²) in [6.45, 7) is 0. The molecule has 0 amide bonds. The van der Waals surface area contributed by atoms with Gasteiger partial charge in [-0.15, -0.1) is 0 Å². The van der Waals surface area contributed by atoms with Gasteiger partial charge in [-0.3, -0.25) is 0 Å². The highest BCUT2D eigenvalue weighted by Gasteiger charge is 2.30. The van der Waals surface area contributed by atoms with Crippen molar-refractivity contribution >= 4 is 66.1 Å². The van der Waals surface area contributed by atoms with Gasteiger partial charge in [0.05, 0.1) is 0 Å². The van der Waals surface area contributed by atoms with E-state index in [-0.39, 0.29) is 0 Å². The molecule has 0 aliphatic carbocycles. The normalized spacial score (nSPS) is 13.0. The Morgan fingerprint density at radius 3 is 1.69 bits per heavy atom. The van der Waals surface area contributed by atoms with Crippen LogP contribution >= 0.6 is 7.14 Å². The maximum absolute atomic E-state index is 15.3. The van der Waals surface area contributed by atoms with Gasteiger partial charge in [0.25, 0.3) is 0 Å². The highest BCUT2D eigenvalue weighted by molar-refractivity contribution is 7.85. The summed E-state index contributed by atoms with van der Waals surface area (Å²) in [5, 5.41) is 12.1. The Morgan fingerprint density at radius 1 is 0.357 bits per heavy atom. The van der Waals surface area contributed by atoms with Gasteiger partial charge in [-0.25, -0.2) is 0 Å². The molecule has 0 radical (unpaired) electrons. The van der Waals surface area contributed by atoms with Crippen molar-refractivity contribution in [3.05, 3.63) is 164 Å². The van der Waals surface area contributed by atoms with Crippen LogP contribution in [0.1, 0.15) is 0 Å². The molecule has 0 aliphatic rings. The Hall–Kier alpha value is -4.97. The van der Waals surface area contributed by atoms with E-state index >= 15 is 4.57 Å². The first-order chi connectivity index (χ1) is 20.7. The average molecular weight is 555 g/mol. The van der Waals surface area contributed by atoms with Crippen LogP contribution in [0.3, 0.4) is 0 Å². The van der Waals surface area contributed by atoms with Gasteiger partial charge in [0.1, 0.15) is 0 Å². The fraction of sp³-hybridized carbons (Fsp3) is 0. The Morgan fingerprint density at radius 2 is 0.905 bits per heavy atom. The maximum Gasteiger partial charge on any atom is 0.171 e. The lowest BCUT2D eigenvalue weighted by Crippen LogP contribution is -2.25. The summed E-state index contributed by atoms with van der Waals surface area (Å²) in [5.41, 5.74) is 2.33. The molecule has 1 atom stereocenters. The Bertz CT molecular complexity index is 2320. The van der Waals surface area contributed by atoms with E-state index in [1.165, 1.54) is 37.9 Å². The third kappa shape index (κ3) is 3.90. The molecular weight excluding hydrogens is 527 g/mol. The van der Waals surface area contributed by atoms with Crippen LogP contribution in [0, 0.1) is 0 Å². The molecule has 0 saturated heterocycles. The van der Waals surface area contributed by atoms with Crippen molar-refractivity contribution in [3.63, 3.8) is 0 Å². The van der Waals surface area contributed by atoms with Crippen LogP contribution in [0.2, 0.25) is 0 Å². The first kappa shape index (κ1) is 24.8. The van der Waals surface area contributed by atoms with Gasteiger partial charge >= 0.3 is 0 Å². The van der Waals surface area contributed by atoms with Gasteiger partial charge in [-0.1, -0.05) is 152 Å². The van der Waals surface area contributed by atoms with E-state index in [1.807, 2.05) is 48.5 Å². The summed E-state index contributed by atoms with van der Waals surface area (Å²) in [4.78, 5) is 0. The molecule has 0 aromatic heterocycles. The molecule has 198 valence electrons. The lowest BCUT2D eigenvalue weighted by Gasteiger charge is -2.21. The highest BCUT2D eigenvalue weighted by Crippen LogP contribution is 2.45. The van der Waals surface area contributed by atoms with Crippen molar-refractivity contribution in [3.8, 4) is 11.1 Å². The van der Waals surface area contributed by atoms with E-state index < -0.39 is 7.14 Å². The van der Waals surface area contributed by atoms with E-state index in [2.05, 4.69) is 115 Å². The summed E-state index contributed by atoms with van der Waals surface area (Å²) in [6.07, 6.45) is 0. The molecule has 0 aliphatic heterocycles. The van der Waals surface area contributed by atoms with E-state index in [4.69, 9.17) is 0 Å². The van der Waals surface area contributed by atoms with Crippen molar-refractivity contribution in [2.45, 2.75) is 0 Å². The van der Waals surface area contributed by atoms with Gasteiger partial charge in [0, 0.05) is 15.9 Å². The zero-order valence-electron chi connectivity index (χ0n) is 22.9. The summed E-state index contributed by atoms with van der Waals surface area (Å²) >= 11 is 0. The lowest BCUT2D eigenvalue weighted by atomic mass is 9.89. The van der Waals surface area contributed by atoms with Crippen LogP contribution in [0.4, 0.5) is 0 Å². The van der Waals surface area contributed by atoms with E-state index in [0.29, 0.717) is 0 Å². The monoisotopic (exact) mass is 554 g/mol. The van der Waals surface area contributed by atoms with Crippen LogP contribution < -0.4 is 15.9 Å². The first-order valence-electron chi connectivity index (χ1n) is 14.3. The quantitative estimate of drug-likeness (QED) is 0.120. The summed E-state index contributed by atoms with van der Waals surface area (Å²) in [7, 11) is -3.13. The zero-order chi connectivity index (χ0) is 28.1. The van der Waals surface area contributed by atoms with Gasteiger partial charge in [-0.05, 0) is 66.3 Å². The highest BCUT2D eigenvalue weighted by atomic mass is 31.2. The molecule has 8 aromatic rings. The lowest BCUT2D eigenvalue weighted by molar-refractivity contribution is 0.592. The molecule has 8 aromatic carbocycles. The Balaban J connectivity index is 1.37. The number of hydrogen-bond donors (Lipinski definition) is 0. The molecule has 1 unspecified atom stereocenters. The van der Waals surface area contributed by atoms with Crippen molar-refractivity contribution < 1.29 is 4.57 Å². The van der Waals surface area contributed by atoms with Gasteiger partial charge in [0.2, 0.25) is 0 Å². The van der Waals surface area contributed by atoms with Crippen molar-refractivity contribution in [1.82, 2.24) is 0 Å². The molecule has 0 fully saturated rings. The molecule has 8 rings (SSSR count). The van der Waals surface area contributed by atoms with Crippen molar-refractivity contribution in [1.29, 1.82) is 0 Å². The molecule has 2 heteroatoms. The largest absolute Gasteiger partial charge is 0.309 e. The second-order valence-corrected chi connectivity index (χ2v) is 13.6. The fourth-order valence-electron chi connectivity index (χ4n) is 6.44. The van der Waals surface area contributed by atoms with Crippen LogP contribution in [-0.2, 0) is 4.57 Å². The minimum atomic E-state index is -3.13. The molecule has 0 bridgehead atoms. The Labute approximate surface area is 245 Å². The van der Waals surface area contributed by atoms with Gasteiger partial charge in [-0.2, -0.15) is 0 Å². The molecule has 0 spiro atoms. The zero-order valence-corrected chi connectivity index (χ0v) is 23.8. The molecule has 0 N–H and O–H groups in total. The molecule has 1 nitrogen and oxygen atoms in total. The standard InChI is InChI=1S/C40H27OP/c41-42(34-14-2-1-3-15-34,36-25-20-28-10-4-5-12-31(28)27-36)35-23-21-30(22-24-35)39-38-17-9-7-13-32(38)26-33-19-18-29-11-6-8-16-37(29)40(33)39/h1-27H. The molecule has 0 heterocycles. The minimum Gasteiger partial charge on any atom is -0.309 e. The predicted molar refractivity (Wildman–Crippen MR) is 181 cm³/mol. The summed E-state index contributed by atoms with van der Waals surface area (Å²) < 4.78 is 15.3. The number of fused-ring (bicyclic) bond motifs is 5. The predicted octanol–water partition coefficient (Wildman–Crippen LogP) is 9.61. The smallest absolute Gasteiger partial charge is 0.171 e. The fourth-order valence-corrected chi connectivity index (χ4v) is 9.10. The third-order valence-corrected chi connectivity index (χ3v) is 11.5. The van der Waals surface area contributed by atoms with Gasteiger partial charge in [0.15, 0.2) is 7.14 Å². The topological polar surface area (TPSA) is 17.1 Å². The summed E-state index contributed by atoms with van der Waals surface area (Å²) in [5.74, 6) is 0. The van der Waals surface area contributed by atoms with E-state index in [0.717, 1.165) is 32.2 Å². The molecular formula is C40H27OP. The molecule has 42 heavy (non-hydrogen) atoms. The van der Waals surface area contributed by atoms with E-state index in [9.17, 15) is 0 Å². The van der Waals surface area contributed by atoms with Crippen molar-refractivity contribution in [2.75, 3.05) is 0 Å². The number of rotatable bonds is 4. The molecule has 0 saturated carbocycles. The second kappa shape index (κ2) is 9.84. The first-order valence-corrected chi connectivity index (χ1v) is 16.0. The third-order valence-electron chi connectivity index (χ3n) is 8.49. The van der Waals surface area contributed by atoms with Crippen LogP contribution in [0.25, 0.3) is 54.2 Å². The van der Waals surface area contributed by atoms with Crippen molar-refractivity contribution in [2.24, 2.45) is 0 Å². The maximum atomic E-state index is 15.3. The van der Waals surface area contributed by atoms with Gasteiger partial charge < -0.3 is 4.57 Å². The number of benzene rings is 8. The SMILES string of the molecule is O=P(c1ccccc1)(c1ccc(-c2c3ccccc3cc3ccc4ccccc4c23)cc1)c1ccc2ccccc2c1. The average Bonchev–Trinajstić information content (AvgIpc) is 3.07.